The van der Waals surface area contributed by atoms with Crippen LogP contribution in [0.1, 0.15) is 25.0 Å². The van der Waals surface area contributed by atoms with Crippen LogP contribution in [0.3, 0.4) is 0 Å². The maximum atomic E-state index is 12.4. The monoisotopic (exact) mass is 811 g/mol. The summed E-state index contributed by atoms with van der Waals surface area (Å²) in [5, 5.41) is 15.9. The summed E-state index contributed by atoms with van der Waals surface area (Å²) in [5.41, 5.74) is 5.62. The van der Waals surface area contributed by atoms with Crippen LogP contribution in [0, 0.1) is 0 Å². The molecule has 4 aromatic carbocycles. The maximum absolute atomic E-state index is 12.4. The Morgan fingerprint density at radius 3 is 1.43 bits per heavy atom. The average molecular weight is 814 g/mol. The summed E-state index contributed by atoms with van der Waals surface area (Å²) >= 11 is 17.7. The Kier molecular flexibility index (Phi) is 15.6. The molecule has 0 saturated carbocycles. The molecule has 2 heterocycles. The van der Waals surface area contributed by atoms with Crippen LogP contribution in [0.2, 0.25) is 10.0 Å². The van der Waals surface area contributed by atoms with Gasteiger partial charge in [0, 0.05) is 49.4 Å². The maximum Gasteiger partial charge on any atom is 0.414 e. The van der Waals surface area contributed by atoms with E-state index in [1.165, 1.54) is 9.80 Å². The van der Waals surface area contributed by atoms with E-state index in [4.69, 9.17) is 39.5 Å². The van der Waals surface area contributed by atoms with Crippen molar-refractivity contribution >= 4 is 69.2 Å². The number of rotatable bonds is 5. The molecule has 10 nitrogen and oxygen atoms in total. The highest BCUT2D eigenvalue weighted by Gasteiger charge is 2.34. The third-order valence-corrected chi connectivity index (χ3v) is 9.02. The first-order chi connectivity index (χ1) is 25.1. The molecule has 0 fully saturated rings. The van der Waals surface area contributed by atoms with Crippen LogP contribution >= 0.6 is 34.8 Å². The van der Waals surface area contributed by atoms with Gasteiger partial charge < -0.3 is 42.7 Å². The van der Waals surface area contributed by atoms with Crippen molar-refractivity contribution in [1.29, 1.82) is 0 Å². The SMILES string of the molecule is CC1NC(=O)C(c2ccc(-c3ccccc3)cc2Cl)=C1O.CC1NC(=O)C(c2ccc(-c3ccccc3)cc2Cl)=C1OC(=O)N(C)C.CN(C)C(=O)Cl.[Cl-]. The first kappa shape index (κ1) is 43.4. The van der Waals surface area contributed by atoms with Crippen LogP contribution in [-0.4, -0.2) is 78.5 Å². The van der Waals surface area contributed by atoms with Gasteiger partial charge >= 0.3 is 11.5 Å². The second-order valence-electron chi connectivity index (χ2n) is 12.4. The zero-order valence-electron chi connectivity index (χ0n) is 30.3. The summed E-state index contributed by atoms with van der Waals surface area (Å²) in [6.07, 6.45) is -0.544. The fourth-order valence-corrected chi connectivity index (χ4v) is 5.78. The zero-order valence-corrected chi connectivity index (χ0v) is 33.3. The van der Waals surface area contributed by atoms with E-state index in [9.17, 15) is 24.3 Å². The van der Waals surface area contributed by atoms with Crippen molar-refractivity contribution in [3.05, 3.63) is 130 Å². The van der Waals surface area contributed by atoms with Gasteiger partial charge in [0.05, 0.1) is 23.2 Å². The Balaban J connectivity index is 0.000000252. The fourth-order valence-electron chi connectivity index (χ4n) is 5.23. The molecular weight excluding hydrogens is 774 g/mol. The first-order valence-electron chi connectivity index (χ1n) is 16.4. The lowest BCUT2D eigenvalue weighted by atomic mass is 9.99. The van der Waals surface area contributed by atoms with Crippen molar-refractivity contribution in [3.8, 4) is 22.3 Å². The molecule has 0 spiro atoms. The fraction of sp³-hybridized carbons (Fsp3) is 0.200. The largest absolute Gasteiger partial charge is 1.00 e. The molecule has 0 saturated heterocycles. The molecule has 0 aromatic heterocycles. The zero-order chi connectivity index (χ0) is 39.0. The van der Waals surface area contributed by atoms with Gasteiger partial charge in [-0.25, -0.2) is 4.79 Å². The van der Waals surface area contributed by atoms with Crippen LogP contribution in [0.15, 0.2) is 109 Å². The molecule has 4 aromatic rings. The van der Waals surface area contributed by atoms with Crippen LogP contribution in [-0.2, 0) is 14.3 Å². The molecule has 0 bridgehead atoms. The van der Waals surface area contributed by atoms with E-state index < -0.39 is 17.5 Å². The number of aliphatic hydroxyl groups is 1. The summed E-state index contributed by atoms with van der Waals surface area (Å²) < 4.78 is 5.42. The predicted molar refractivity (Wildman–Crippen MR) is 211 cm³/mol. The molecular formula is C40H39Cl4N4O6-. The molecule has 4 amide bonds. The molecule has 0 radical (unpaired) electrons. The van der Waals surface area contributed by atoms with E-state index in [1.54, 1.807) is 60.2 Å². The Bertz CT molecular complexity index is 2070. The van der Waals surface area contributed by atoms with Crippen LogP contribution in [0.4, 0.5) is 9.59 Å². The molecule has 3 N–H and O–H groups in total. The van der Waals surface area contributed by atoms with Crippen molar-refractivity contribution < 1.29 is 41.4 Å². The van der Waals surface area contributed by atoms with E-state index in [-0.39, 0.29) is 52.9 Å². The van der Waals surface area contributed by atoms with Crippen LogP contribution < -0.4 is 23.0 Å². The van der Waals surface area contributed by atoms with Crippen molar-refractivity contribution in [1.82, 2.24) is 20.4 Å². The van der Waals surface area contributed by atoms with Gasteiger partial charge in [-0.15, -0.1) is 0 Å². The van der Waals surface area contributed by atoms with Crippen LogP contribution in [0.5, 0.6) is 0 Å². The molecule has 2 atom stereocenters. The quantitative estimate of drug-likeness (QED) is 0.177. The van der Waals surface area contributed by atoms with Crippen molar-refractivity contribution in [2.75, 3.05) is 28.2 Å². The van der Waals surface area contributed by atoms with E-state index in [0.29, 0.717) is 21.2 Å². The molecule has 2 aliphatic heterocycles. The number of amides is 4. The molecule has 0 aliphatic carbocycles. The Morgan fingerprint density at radius 1 is 0.648 bits per heavy atom. The predicted octanol–water partition coefficient (Wildman–Crippen LogP) is 5.64. The minimum Gasteiger partial charge on any atom is -1.00 e. The molecule has 6 rings (SSSR count). The average Bonchev–Trinajstić information content (AvgIpc) is 3.55. The summed E-state index contributed by atoms with van der Waals surface area (Å²) in [7, 11) is 6.35. The molecule has 284 valence electrons. The molecule has 2 unspecified atom stereocenters. The number of benzene rings is 4. The number of hydrogen-bond acceptors (Lipinski definition) is 6. The summed E-state index contributed by atoms with van der Waals surface area (Å²) in [4.78, 5) is 48.7. The normalized spacial score (nSPS) is 15.8. The molecule has 54 heavy (non-hydrogen) atoms. The van der Waals surface area contributed by atoms with E-state index >= 15 is 0 Å². The number of nitrogens with zero attached hydrogens (tertiary/aromatic N) is 2. The van der Waals surface area contributed by atoms with Gasteiger partial charge in [0.15, 0.2) is 0 Å². The van der Waals surface area contributed by atoms with Crippen molar-refractivity contribution in [2.24, 2.45) is 0 Å². The third-order valence-electron chi connectivity index (χ3n) is 8.06. The second-order valence-corrected chi connectivity index (χ2v) is 13.6. The smallest absolute Gasteiger partial charge is 0.414 e. The highest BCUT2D eigenvalue weighted by atomic mass is 35.5. The van der Waals surface area contributed by atoms with Crippen molar-refractivity contribution in [3.63, 3.8) is 0 Å². The Morgan fingerprint density at radius 2 is 1.06 bits per heavy atom. The number of nitrogens with one attached hydrogen (secondary N) is 2. The number of hydrogen-bond donors (Lipinski definition) is 3. The van der Waals surface area contributed by atoms with Gasteiger partial charge in [0.25, 0.3) is 11.8 Å². The molecule has 2 aliphatic rings. The van der Waals surface area contributed by atoms with Crippen LogP contribution in [0.25, 0.3) is 33.4 Å². The minimum absolute atomic E-state index is 0. The Labute approximate surface area is 335 Å². The third kappa shape index (κ3) is 10.6. The summed E-state index contributed by atoms with van der Waals surface area (Å²) in [5.74, 6) is -0.291. The van der Waals surface area contributed by atoms with E-state index in [2.05, 4.69) is 10.6 Å². The lowest BCUT2D eigenvalue weighted by molar-refractivity contribution is -0.116. The second kappa shape index (κ2) is 19.4. The number of carbonyl (C=O) groups is 4. The number of carbonyl (C=O) groups excluding carboxylic acids is 4. The topological polar surface area (TPSA) is 128 Å². The number of ether oxygens (including phenoxy) is 1. The number of halogens is 4. The molecule has 14 heteroatoms. The first-order valence-corrected chi connectivity index (χ1v) is 17.5. The number of aliphatic hydroxyl groups excluding tert-OH is 1. The van der Waals surface area contributed by atoms with E-state index in [1.807, 2.05) is 78.9 Å². The highest BCUT2D eigenvalue weighted by molar-refractivity contribution is 6.62. The minimum atomic E-state index is -0.544. The lowest BCUT2D eigenvalue weighted by Crippen LogP contribution is -3.00. The summed E-state index contributed by atoms with van der Waals surface area (Å²) in [6, 6.07) is 29.8. The van der Waals surface area contributed by atoms with Crippen molar-refractivity contribution in [2.45, 2.75) is 25.9 Å². The standard InChI is InChI=1S/C20H19ClN2O3.C17H14ClNO2.C3H6ClNO.ClH/c1-12-18(26-20(25)23(2)3)17(19(24)22-12)15-10-9-14(11-16(15)21)13-7-5-4-6-8-13;1-10-16(20)15(17(21)19-10)13-8-7-12(9-14(13)18)11-5-3-2-4-6-11;1-5(2)3(4)6;/h4-12H,1-3H3,(H,22,24);2-10,20H,1H3,(H,19,21);1-2H3;1H/p-1. The lowest BCUT2D eigenvalue weighted by Gasteiger charge is -2.15. The highest BCUT2D eigenvalue weighted by Crippen LogP contribution is 2.36. The van der Waals surface area contributed by atoms with Gasteiger partial charge in [-0.3, -0.25) is 14.4 Å². The van der Waals surface area contributed by atoms with Gasteiger partial charge in [-0.05, 0) is 59.8 Å². The van der Waals surface area contributed by atoms with E-state index in [0.717, 1.165) is 22.3 Å². The summed E-state index contributed by atoms with van der Waals surface area (Å²) in [6.45, 7) is 3.49. The van der Waals surface area contributed by atoms with Gasteiger partial charge in [0.2, 0.25) is 0 Å². The van der Waals surface area contributed by atoms with Gasteiger partial charge in [-0.2, -0.15) is 0 Å². The van der Waals surface area contributed by atoms with Gasteiger partial charge in [0.1, 0.15) is 11.5 Å². The van der Waals surface area contributed by atoms with Gasteiger partial charge in [-0.1, -0.05) is 108 Å². The Hall–Kier alpha value is -5.00.